The van der Waals surface area contributed by atoms with Crippen LogP contribution < -0.4 is 0 Å². The Morgan fingerprint density at radius 3 is 1.70 bits per heavy atom. The van der Waals surface area contributed by atoms with Crippen molar-refractivity contribution in [3.63, 3.8) is 0 Å². The fourth-order valence-electron chi connectivity index (χ4n) is 9.74. The smallest absolute Gasteiger partial charge is 0.160 e. The molecule has 0 bridgehead atoms. The molecule has 3 nitrogen and oxygen atoms in total. The summed E-state index contributed by atoms with van der Waals surface area (Å²) >= 11 is 1.87. The minimum Gasteiger partial charge on any atom is -0.247 e. The lowest BCUT2D eigenvalue weighted by atomic mass is 9.93. The fourth-order valence-corrected chi connectivity index (χ4v) is 11.0. The van der Waals surface area contributed by atoms with E-state index in [4.69, 9.17) is 15.0 Å². The number of aromatic nitrogens is 3. The average molecular weight is 870 g/mol. The first-order valence-electron chi connectivity index (χ1n) is 22.7. The summed E-state index contributed by atoms with van der Waals surface area (Å²) in [4.78, 5) is 15.7. The summed E-state index contributed by atoms with van der Waals surface area (Å²) in [5, 5.41) is 8.53. The molecule has 13 aromatic rings. The Balaban J connectivity index is 0.891. The van der Waals surface area contributed by atoms with Gasteiger partial charge in [0.05, 0.1) is 22.6 Å². The Kier molecular flexibility index (Phi) is 9.36. The van der Waals surface area contributed by atoms with Crippen LogP contribution in [0.4, 0.5) is 0 Å². The molecule has 3 aromatic heterocycles. The van der Waals surface area contributed by atoms with Gasteiger partial charge in [0.2, 0.25) is 0 Å². The number of benzene rings is 10. The van der Waals surface area contributed by atoms with Gasteiger partial charge in [-0.1, -0.05) is 206 Å². The molecule has 67 heavy (non-hydrogen) atoms. The van der Waals surface area contributed by atoms with Gasteiger partial charge < -0.3 is 0 Å². The normalized spacial score (nSPS) is 11.6. The molecule has 0 spiro atoms. The molecule has 4 heteroatoms. The number of thiophene rings is 1. The zero-order valence-electron chi connectivity index (χ0n) is 36.3. The van der Waals surface area contributed by atoms with E-state index in [-0.39, 0.29) is 0 Å². The van der Waals surface area contributed by atoms with Crippen LogP contribution in [-0.2, 0) is 0 Å². The van der Waals surface area contributed by atoms with Gasteiger partial charge in [0, 0.05) is 58.6 Å². The van der Waals surface area contributed by atoms with Crippen molar-refractivity contribution in [3.8, 4) is 78.5 Å². The number of hydrogen-bond donors (Lipinski definition) is 0. The molecule has 0 aliphatic carbocycles. The molecule has 0 fully saturated rings. The van der Waals surface area contributed by atoms with Gasteiger partial charge in [-0.2, -0.15) is 0 Å². The van der Waals surface area contributed by atoms with Crippen molar-refractivity contribution in [1.29, 1.82) is 0 Å². The van der Waals surface area contributed by atoms with Crippen molar-refractivity contribution in [2.75, 3.05) is 0 Å². The Bertz CT molecular complexity index is 4010. The third-order valence-corrected chi connectivity index (χ3v) is 14.3. The van der Waals surface area contributed by atoms with E-state index in [1.165, 1.54) is 58.6 Å². The first-order chi connectivity index (χ1) is 33.2. The predicted octanol–water partition coefficient (Wildman–Crippen LogP) is 17.4. The standard InChI is InChI=1S/C63H39N3S/c1-3-13-40(14-4-1)47-18-11-19-49(37-47)58-39-57(65-63(66-58)46-16-5-2-6-17-46)44-29-31-45(32-30-44)61-54-35-33-42-15-7-8-20-50(42)60(54)55-38-48(34-36-56(55)64-61)41-25-27-43(28-26-41)51-22-12-23-53-52-21-9-10-24-59(52)67-62(51)53/h1-39H. The minimum atomic E-state index is 0.691. The van der Waals surface area contributed by atoms with Gasteiger partial charge in [-0.05, 0) is 74.5 Å². The van der Waals surface area contributed by atoms with Crippen LogP contribution >= 0.6 is 11.3 Å². The van der Waals surface area contributed by atoms with Crippen LogP contribution in [0.25, 0.3) is 131 Å². The van der Waals surface area contributed by atoms with Crippen LogP contribution in [0.5, 0.6) is 0 Å². The van der Waals surface area contributed by atoms with Crippen molar-refractivity contribution in [2.45, 2.75) is 0 Å². The number of hydrogen-bond acceptors (Lipinski definition) is 4. The highest BCUT2D eigenvalue weighted by Gasteiger charge is 2.17. The van der Waals surface area contributed by atoms with Crippen molar-refractivity contribution < 1.29 is 0 Å². The Hall–Kier alpha value is -8.57. The van der Waals surface area contributed by atoms with E-state index in [9.17, 15) is 0 Å². The predicted molar refractivity (Wildman–Crippen MR) is 283 cm³/mol. The van der Waals surface area contributed by atoms with Crippen LogP contribution in [0.1, 0.15) is 0 Å². The molecule has 0 saturated carbocycles. The quantitative estimate of drug-likeness (QED) is 0.150. The van der Waals surface area contributed by atoms with Crippen molar-refractivity contribution >= 4 is 64.0 Å². The van der Waals surface area contributed by atoms with Gasteiger partial charge in [-0.15, -0.1) is 11.3 Å². The summed E-state index contributed by atoms with van der Waals surface area (Å²) in [7, 11) is 0. The third kappa shape index (κ3) is 6.94. The number of nitrogens with zero attached hydrogens (tertiary/aromatic N) is 3. The molecular formula is C63H39N3S. The summed E-state index contributed by atoms with van der Waals surface area (Å²) in [6.45, 7) is 0. The van der Waals surface area contributed by atoms with Crippen LogP contribution in [-0.4, -0.2) is 15.0 Å². The fraction of sp³-hybridized carbons (Fsp3) is 0. The molecule has 0 atom stereocenters. The lowest BCUT2D eigenvalue weighted by Crippen LogP contribution is -1.96. The van der Waals surface area contributed by atoms with Gasteiger partial charge in [0.25, 0.3) is 0 Å². The summed E-state index contributed by atoms with van der Waals surface area (Å²) in [6, 6.07) is 84.5. The molecule has 0 saturated heterocycles. The molecule has 0 unspecified atom stereocenters. The Morgan fingerprint density at radius 1 is 0.299 bits per heavy atom. The molecular weight excluding hydrogens is 831 g/mol. The van der Waals surface area contributed by atoms with E-state index in [1.807, 2.05) is 35.6 Å². The lowest BCUT2D eigenvalue weighted by Gasteiger charge is -2.15. The van der Waals surface area contributed by atoms with E-state index >= 15 is 0 Å². The SMILES string of the molecule is c1ccc(-c2cccc(-c3cc(-c4ccc(-c5nc6ccc(-c7ccc(-c8cccc9c8sc8ccccc89)cc7)cc6c6c5ccc5ccccc56)cc4)nc(-c4ccccc4)n3)c2)cc1. The monoisotopic (exact) mass is 869 g/mol. The van der Waals surface area contributed by atoms with Crippen LogP contribution in [0, 0.1) is 0 Å². The second-order valence-electron chi connectivity index (χ2n) is 17.1. The average Bonchev–Trinajstić information content (AvgIpc) is 3.80. The van der Waals surface area contributed by atoms with Crippen LogP contribution in [0.15, 0.2) is 237 Å². The number of pyridine rings is 1. The maximum atomic E-state index is 5.43. The molecule has 0 aliphatic rings. The van der Waals surface area contributed by atoms with E-state index in [0.717, 1.165) is 66.8 Å². The van der Waals surface area contributed by atoms with Crippen molar-refractivity contribution in [3.05, 3.63) is 237 Å². The van der Waals surface area contributed by atoms with E-state index in [0.29, 0.717) is 5.82 Å². The third-order valence-electron chi connectivity index (χ3n) is 13.1. The zero-order chi connectivity index (χ0) is 44.3. The molecule has 0 amide bonds. The maximum Gasteiger partial charge on any atom is 0.160 e. The highest BCUT2D eigenvalue weighted by Crippen LogP contribution is 2.42. The highest BCUT2D eigenvalue weighted by atomic mass is 32.1. The highest BCUT2D eigenvalue weighted by molar-refractivity contribution is 7.26. The first kappa shape index (κ1) is 38.9. The second-order valence-corrected chi connectivity index (χ2v) is 18.2. The number of fused-ring (bicyclic) bond motifs is 8. The molecule has 0 radical (unpaired) electrons. The zero-order valence-corrected chi connectivity index (χ0v) is 37.1. The van der Waals surface area contributed by atoms with Crippen molar-refractivity contribution in [2.24, 2.45) is 0 Å². The van der Waals surface area contributed by atoms with Gasteiger partial charge in [0.1, 0.15) is 0 Å². The molecule has 0 aliphatic heterocycles. The van der Waals surface area contributed by atoms with E-state index in [2.05, 4.69) is 212 Å². The van der Waals surface area contributed by atoms with Crippen LogP contribution in [0.2, 0.25) is 0 Å². The maximum absolute atomic E-state index is 5.43. The largest absolute Gasteiger partial charge is 0.247 e. The van der Waals surface area contributed by atoms with Gasteiger partial charge in [-0.25, -0.2) is 15.0 Å². The summed E-state index contributed by atoms with van der Waals surface area (Å²) in [5.74, 6) is 0.691. The Labute approximate surface area is 392 Å². The summed E-state index contributed by atoms with van der Waals surface area (Å²) in [5.41, 5.74) is 14.9. The topological polar surface area (TPSA) is 38.7 Å². The molecule has 0 N–H and O–H groups in total. The first-order valence-corrected chi connectivity index (χ1v) is 23.5. The van der Waals surface area contributed by atoms with Gasteiger partial charge in [0.15, 0.2) is 5.82 Å². The molecule has 10 aromatic carbocycles. The van der Waals surface area contributed by atoms with E-state index in [1.54, 1.807) is 0 Å². The van der Waals surface area contributed by atoms with Crippen molar-refractivity contribution in [1.82, 2.24) is 15.0 Å². The Morgan fingerprint density at radius 2 is 0.881 bits per heavy atom. The van der Waals surface area contributed by atoms with Gasteiger partial charge in [-0.3, -0.25) is 0 Å². The molecule has 13 rings (SSSR count). The molecule has 312 valence electrons. The second kappa shape index (κ2) is 16.1. The summed E-state index contributed by atoms with van der Waals surface area (Å²) < 4.78 is 2.65. The van der Waals surface area contributed by atoms with Crippen LogP contribution in [0.3, 0.4) is 0 Å². The molecule has 3 heterocycles. The minimum absolute atomic E-state index is 0.691. The number of rotatable bonds is 7. The van der Waals surface area contributed by atoms with Gasteiger partial charge >= 0.3 is 0 Å². The lowest BCUT2D eigenvalue weighted by molar-refractivity contribution is 1.18. The summed E-state index contributed by atoms with van der Waals surface area (Å²) in [6.07, 6.45) is 0. The van der Waals surface area contributed by atoms with E-state index < -0.39 is 0 Å².